The smallest absolute Gasteiger partial charge is 0.407 e. The Labute approximate surface area is 107 Å². The minimum Gasteiger partial charge on any atom is -0.447 e. The number of nitrogens with one attached hydrogen (secondary N) is 1. The number of ether oxygens (including phenoxy) is 2. The molecule has 2 heterocycles. The van der Waals surface area contributed by atoms with Crippen LogP contribution in [0.2, 0.25) is 0 Å². The fourth-order valence-electron chi connectivity index (χ4n) is 1.82. The number of nitrogens with zero attached hydrogens (tertiary/aromatic N) is 1. The zero-order valence-electron chi connectivity index (χ0n) is 10.3. The standard InChI is InChI=1S/C13H18N2O3/c16-13(15-9-11-5-1-3-7-14-11)18-10-12-6-2-4-8-17-12/h1,3,5,7,12H,2,4,6,8-10H2,(H,15,16). The minimum absolute atomic E-state index is 0.0550. The molecule has 1 aliphatic rings. The van der Waals surface area contributed by atoms with Crippen LogP contribution in [-0.4, -0.2) is 30.4 Å². The normalized spacial score (nSPS) is 19.2. The molecule has 0 radical (unpaired) electrons. The van der Waals surface area contributed by atoms with Gasteiger partial charge in [-0.1, -0.05) is 6.07 Å². The second-order valence-electron chi connectivity index (χ2n) is 4.26. The van der Waals surface area contributed by atoms with E-state index in [0.717, 1.165) is 31.6 Å². The number of carbonyl (C=O) groups is 1. The number of aromatic nitrogens is 1. The Morgan fingerprint density at radius 2 is 2.44 bits per heavy atom. The van der Waals surface area contributed by atoms with Gasteiger partial charge < -0.3 is 14.8 Å². The van der Waals surface area contributed by atoms with Crippen molar-refractivity contribution in [1.29, 1.82) is 0 Å². The molecular formula is C13H18N2O3. The Morgan fingerprint density at radius 3 is 3.17 bits per heavy atom. The van der Waals surface area contributed by atoms with E-state index in [4.69, 9.17) is 9.47 Å². The molecule has 1 aromatic heterocycles. The molecule has 1 aromatic rings. The Kier molecular flexibility index (Phi) is 4.96. The average molecular weight is 250 g/mol. The van der Waals surface area contributed by atoms with Gasteiger partial charge in [0.1, 0.15) is 6.61 Å². The van der Waals surface area contributed by atoms with Gasteiger partial charge in [0.05, 0.1) is 18.3 Å². The number of carbonyl (C=O) groups excluding carboxylic acids is 1. The lowest BCUT2D eigenvalue weighted by Crippen LogP contribution is -2.30. The van der Waals surface area contributed by atoms with Crippen molar-refractivity contribution < 1.29 is 14.3 Å². The van der Waals surface area contributed by atoms with Gasteiger partial charge in [0.2, 0.25) is 0 Å². The minimum atomic E-state index is -0.421. The molecule has 98 valence electrons. The lowest BCUT2D eigenvalue weighted by Gasteiger charge is -2.22. The van der Waals surface area contributed by atoms with E-state index in [1.54, 1.807) is 6.20 Å². The summed E-state index contributed by atoms with van der Waals surface area (Å²) in [6.45, 7) is 1.48. The van der Waals surface area contributed by atoms with Crippen molar-refractivity contribution in [3.63, 3.8) is 0 Å². The molecule has 1 atom stereocenters. The maximum absolute atomic E-state index is 11.4. The molecule has 0 bridgehead atoms. The van der Waals surface area contributed by atoms with Gasteiger partial charge >= 0.3 is 6.09 Å². The monoisotopic (exact) mass is 250 g/mol. The van der Waals surface area contributed by atoms with Crippen LogP contribution in [0.4, 0.5) is 4.79 Å². The second-order valence-corrected chi connectivity index (χ2v) is 4.26. The number of hydrogen-bond acceptors (Lipinski definition) is 4. The van der Waals surface area contributed by atoms with Crippen LogP contribution < -0.4 is 5.32 Å². The topological polar surface area (TPSA) is 60.5 Å². The number of rotatable bonds is 4. The van der Waals surface area contributed by atoms with E-state index < -0.39 is 6.09 Å². The highest BCUT2D eigenvalue weighted by Gasteiger charge is 2.15. The summed E-state index contributed by atoms with van der Waals surface area (Å²) in [7, 11) is 0. The van der Waals surface area contributed by atoms with Gasteiger partial charge in [-0.3, -0.25) is 4.98 Å². The lowest BCUT2D eigenvalue weighted by atomic mass is 10.1. The van der Waals surface area contributed by atoms with Crippen LogP contribution in [0.3, 0.4) is 0 Å². The highest BCUT2D eigenvalue weighted by atomic mass is 16.6. The first-order valence-corrected chi connectivity index (χ1v) is 6.27. The molecule has 1 saturated heterocycles. The van der Waals surface area contributed by atoms with Gasteiger partial charge in [-0.15, -0.1) is 0 Å². The van der Waals surface area contributed by atoms with E-state index in [1.165, 1.54) is 0 Å². The van der Waals surface area contributed by atoms with E-state index in [1.807, 2.05) is 18.2 Å². The summed E-state index contributed by atoms with van der Waals surface area (Å²) in [5.74, 6) is 0. The summed E-state index contributed by atoms with van der Waals surface area (Å²) >= 11 is 0. The molecule has 1 amide bonds. The van der Waals surface area contributed by atoms with Gasteiger partial charge in [-0.05, 0) is 31.4 Å². The van der Waals surface area contributed by atoms with E-state index in [0.29, 0.717) is 13.2 Å². The van der Waals surface area contributed by atoms with E-state index in [2.05, 4.69) is 10.3 Å². The van der Waals surface area contributed by atoms with Crippen molar-refractivity contribution in [1.82, 2.24) is 10.3 Å². The zero-order chi connectivity index (χ0) is 12.6. The maximum Gasteiger partial charge on any atom is 0.407 e. The van der Waals surface area contributed by atoms with Gasteiger partial charge in [0, 0.05) is 12.8 Å². The summed E-state index contributed by atoms with van der Waals surface area (Å²) in [6.07, 6.45) is 4.53. The van der Waals surface area contributed by atoms with Crippen LogP contribution in [-0.2, 0) is 16.0 Å². The third-order valence-corrected chi connectivity index (χ3v) is 2.81. The van der Waals surface area contributed by atoms with Gasteiger partial charge in [-0.2, -0.15) is 0 Å². The molecule has 5 nitrogen and oxygen atoms in total. The van der Waals surface area contributed by atoms with Crippen LogP contribution in [0.15, 0.2) is 24.4 Å². The van der Waals surface area contributed by atoms with Crippen LogP contribution >= 0.6 is 0 Å². The fraction of sp³-hybridized carbons (Fsp3) is 0.538. The van der Waals surface area contributed by atoms with E-state index >= 15 is 0 Å². The van der Waals surface area contributed by atoms with E-state index in [-0.39, 0.29) is 6.10 Å². The quantitative estimate of drug-likeness (QED) is 0.886. The highest BCUT2D eigenvalue weighted by Crippen LogP contribution is 2.12. The Bertz CT molecular complexity index is 364. The SMILES string of the molecule is O=C(NCc1ccccn1)OCC1CCCCO1. The van der Waals surface area contributed by atoms with Gasteiger partial charge in [-0.25, -0.2) is 4.79 Å². The van der Waals surface area contributed by atoms with Crippen LogP contribution in [0, 0.1) is 0 Å². The third-order valence-electron chi connectivity index (χ3n) is 2.81. The summed E-state index contributed by atoms with van der Waals surface area (Å²) < 4.78 is 10.6. The summed E-state index contributed by atoms with van der Waals surface area (Å²) in [5, 5.41) is 2.66. The summed E-state index contributed by atoms with van der Waals surface area (Å²) in [4.78, 5) is 15.5. The molecule has 2 rings (SSSR count). The highest BCUT2D eigenvalue weighted by molar-refractivity contribution is 5.67. The fourth-order valence-corrected chi connectivity index (χ4v) is 1.82. The maximum atomic E-state index is 11.4. The largest absolute Gasteiger partial charge is 0.447 e. The average Bonchev–Trinajstić information content (AvgIpc) is 2.45. The van der Waals surface area contributed by atoms with Crippen molar-refractivity contribution in [3.8, 4) is 0 Å². The molecule has 18 heavy (non-hydrogen) atoms. The van der Waals surface area contributed by atoms with Crippen LogP contribution in [0.1, 0.15) is 25.0 Å². The number of pyridine rings is 1. The summed E-state index contributed by atoms with van der Waals surface area (Å²) in [5.41, 5.74) is 0.809. The van der Waals surface area contributed by atoms with Crippen molar-refractivity contribution in [2.45, 2.75) is 31.9 Å². The molecule has 1 fully saturated rings. The van der Waals surface area contributed by atoms with Gasteiger partial charge in [0.25, 0.3) is 0 Å². The van der Waals surface area contributed by atoms with Crippen molar-refractivity contribution >= 4 is 6.09 Å². The first kappa shape index (κ1) is 12.8. The Morgan fingerprint density at radius 1 is 1.50 bits per heavy atom. The molecule has 0 aliphatic carbocycles. The predicted octanol–water partition coefficient (Wildman–Crippen LogP) is 1.88. The molecule has 1 N–H and O–H groups in total. The molecule has 0 spiro atoms. The molecule has 0 saturated carbocycles. The molecule has 0 aromatic carbocycles. The van der Waals surface area contributed by atoms with Crippen molar-refractivity contribution in [2.24, 2.45) is 0 Å². The number of hydrogen-bond donors (Lipinski definition) is 1. The Hall–Kier alpha value is -1.62. The molecule has 1 unspecified atom stereocenters. The summed E-state index contributed by atoms with van der Waals surface area (Å²) in [6, 6.07) is 5.57. The lowest BCUT2D eigenvalue weighted by molar-refractivity contribution is -0.0224. The predicted molar refractivity (Wildman–Crippen MR) is 66.0 cm³/mol. The van der Waals surface area contributed by atoms with E-state index in [9.17, 15) is 4.79 Å². The van der Waals surface area contributed by atoms with Gasteiger partial charge in [0.15, 0.2) is 0 Å². The number of amides is 1. The molecular weight excluding hydrogens is 232 g/mol. The third kappa shape index (κ3) is 4.33. The molecule has 5 heteroatoms. The molecule has 1 aliphatic heterocycles. The first-order chi connectivity index (χ1) is 8.84. The Balaban J connectivity index is 1.63. The van der Waals surface area contributed by atoms with Crippen molar-refractivity contribution in [2.75, 3.05) is 13.2 Å². The van der Waals surface area contributed by atoms with Crippen LogP contribution in [0.25, 0.3) is 0 Å². The number of alkyl carbamates (subject to hydrolysis) is 1. The zero-order valence-corrected chi connectivity index (χ0v) is 10.3. The second kappa shape index (κ2) is 6.96. The van der Waals surface area contributed by atoms with Crippen LogP contribution in [0.5, 0.6) is 0 Å². The van der Waals surface area contributed by atoms with Crippen molar-refractivity contribution in [3.05, 3.63) is 30.1 Å². The first-order valence-electron chi connectivity index (χ1n) is 6.27.